The second-order valence-corrected chi connectivity index (χ2v) is 8.36. The standard InChI is InChI=1S/C26H21N5O2S/c1-33-20-14-12-19(13-15-20)31-25(23-10-4-5-16-27-23)29-30-26(31)34-17-24(32)28-22-11-6-8-18-7-2-3-9-21(18)22/h2-16H,17H2,1H3,(H,28,32). The van der Waals surface area contributed by atoms with Crippen molar-refractivity contribution in [2.24, 2.45) is 0 Å². The van der Waals surface area contributed by atoms with E-state index in [0.717, 1.165) is 27.9 Å². The highest BCUT2D eigenvalue weighted by Crippen LogP contribution is 2.29. The van der Waals surface area contributed by atoms with Crippen LogP contribution in [0.15, 0.2) is 96.3 Å². The van der Waals surface area contributed by atoms with Crippen molar-refractivity contribution in [3.63, 3.8) is 0 Å². The number of rotatable bonds is 7. The Bertz CT molecular complexity index is 1430. The molecule has 0 spiro atoms. The van der Waals surface area contributed by atoms with E-state index >= 15 is 0 Å². The third kappa shape index (κ3) is 4.49. The van der Waals surface area contributed by atoms with Crippen molar-refractivity contribution >= 4 is 34.1 Å². The number of amides is 1. The third-order valence-corrected chi connectivity index (χ3v) is 6.18. The van der Waals surface area contributed by atoms with Crippen LogP contribution in [0.25, 0.3) is 28.0 Å². The molecule has 0 saturated carbocycles. The van der Waals surface area contributed by atoms with Gasteiger partial charge in [-0.15, -0.1) is 10.2 Å². The number of fused-ring (bicyclic) bond motifs is 1. The number of hydrogen-bond acceptors (Lipinski definition) is 6. The van der Waals surface area contributed by atoms with E-state index in [4.69, 9.17) is 4.74 Å². The zero-order valence-corrected chi connectivity index (χ0v) is 19.2. The maximum absolute atomic E-state index is 12.8. The molecule has 34 heavy (non-hydrogen) atoms. The van der Waals surface area contributed by atoms with E-state index in [1.807, 2.05) is 89.5 Å². The third-order valence-electron chi connectivity index (χ3n) is 5.25. The van der Waals surface area contributed by atoms with Crippen LogP contribution in [0.2, 0.25) is 0 Å². The summed E-state index contributed by atoms with van der Waals surface area (Å²) in [6.07, 6.45) is 1.72. The van der Waals surface area contributed by atoms with Gasteiger partial charge in [0.05, 0.1) is 18.6 Å². The van der Waals surface area contributed by atoms with Gasteiger partial charge in [0, 0.05) is 17.3 Å². The molecule has 0 atom stereocenters. The number of ether oxygens (including phenoxy) is 1. The van der Waals surface area contributed by atoms with Gasteiger partial charge in [0.15, 0.2) is 11.0 Å². The summed E-state index contributed by atoms with van der Waals surface area (Å²) in [4.78, 5) is 17.2. The summed E-state index contributed by atoms with van der Waals surface area (Å²) in [5.41, 5.74) is 2.33. The first-order chi connectivity index (χ1) is 16.7. The van der Waals surface area contributed by atoms with E-state index in [2.05, 4.69) is 20.5 Å². The van der Waals surface area contributed by atoms with Crippen LogP contribution in [0.3, 0.4) is 0 Å². The lowest BCUT2D eigenvalue weighted by Gasteiger charge is -2.11. The van der Waals surface area contributed by atoms with E-state index in [-0.39, 0.29) is 11.7 Å². The van der Waals surface area contributed by atoms with Gasteiger partial charge in [0.25, 0.3) is 0 Å². The van der Waals surface area contributed by atoms with Gasteiger partial charge in [-0.25, -0.2) is 0 Å². The van der Waals surface area contributed by atoms with Gasteiger partial charge in [-0.1, -0.05) is 54.2 Å². The van der Waals surface area contributed by atoms with Crippen LogP contribution in [0.1, 0.15) is 0 Å². The van der Waals surface area contributed by atoms with E-state index < -0.39 is 0 Å². The molecule has 0 aliphatic carbocycles. The van der Waals surface area contributed by atoms with Crippen LogP contribution in [0, 0.1) is 0 Å². The summed E-state index contributed by atoms with van der Waals surface area (Å²) in [6.45, 7) is 0. The first-order valence-electron chi connectivity index (χ1n) is 10.6. The molecule has 168 valence electrons. The van der Waals surface area contributed by atoms with E-state index in [9.17, 15) is 4.79 Å². The Morgan fingerprint density at radius 3 is 2.53 bits per heavy atom. The number of pyridine rings is 1. The molecule has 1 amide bonds. The topological polar surface area (TPSA) is 81.9 Å². The number of anilines is 1. The fourth-order valence-electron chi connectivity index (χ4n) is 3.64. The second kappa shape index (κ2) is 9.76. The molecular formula is C26H21N5O2S. The molecule has 5 aromatic rings. The van der Waals surface area contributed by atoms with E-state index in [1.165, 1.54) is 11.8 Å². The summed E-state index contributed by atoms with van der Waals surface area (Å²) in [5.74, 6) is 1.41. The number of methoxy groups -OCH3 is 1. The highest BCUT2D eigenvalue weighted by molar-refractivity contribution is 7.99. The van der Waals surface area contributed by atoms with Gasteiger partial charge < -0.3 is 10.1 Å². The first kappa shape index (κ1) is 21.7. The summed E-state index contributed by atoms with van der Waals surface area (Å²) >= 11 is 1.32. The largest absolute Gasteiger partial charge is 0.497 e. The Morgan fingerprint density at radius 1 is 0.941 bits per heavy atom. The predicted molar refractivity (Wildman–Crippen MR) is 134 cm³/mol. The normalized spacial score (nSPS) is 10.9. The molecule has 0 saturated heterocycles. The number of nitrogens with zero attached hydrogens (tertiary/aromatic N) is 4. The average molecular weight is 468 g/mol. The highest BCUT2D eigenvalue weighted by Gasteiger charge is 2.18. The van der Waals surface area contributed by atoms with Crippen molar-refractivity contribution in [1.29, 1.82) is 0 Å². The lowest BCUT2D eigenvalue weighted by molar-refractivity contribution is -0.113. The first-order valence-corrected chi connectivity index (χ1v) is 11.6. The number of nitrogens with one attached hydrogen (secondary N) is 1. The number of aromatic nitrogens is 4. The fourth-order valence-corrected chi connectivity index (χ4v) is 4.39. The summed E-state index contributed by atoms with van der Waals surface area (Å²) < 4.78 is 7.19. The molecule has 8 heteroatoms. The lowest BCUT2D eigenvalue weighted by Crippen LogP contribution is -2.14. The fraction of sp³-hybridized carbons (Fsp3) is 0.0769. The van der Waals surface area contributed by atoms with Crippen LogP contribution in [-0.4, -0.2) is 38.5 Å². The molecule has 2 heterocycles. The summed E-state index contributed by atoms with van der Waals surface area (Å²) in [7, 11) is 1.63. The molecule has 0 fully saturated rings. The van der Waals surface area contributed by atoms with Crippen LogP contribution >= 0.6 is 11.8 Å². The number of hydrogen-bond donors (Lipinski definition) is 1. The molecular weight excluding hydrogens is 446 g/mol. The molecule has 0 aliphatic heterocycles. The van der Waals surface area contributed by atoms with Crippen LogP contribution in [-0.2, 0) is 4.79 Å². The van der Waals surface area contributed by atoms with Gasteiger partial charge in [-0.05, 0) is 47.9 Å². The Morgan fingerprint density at radius 2 is 1.74 bits per heavy atom. The highest BCUT2D eigenvalue weighted by atomic mass is 32.2. The Labute approximate surface area is 200 Å². The summed E-state index contributed by atoms with van der Waals surface area (Å²) in [6, 6.07) is 27.1. The van der Waals surface area contributed by atoms with Gasteiger partial charge in [-0.2, -0.15) is 0 Å². The Balaban J connectivity index is 1.41. The van der Waals surface area contributed by atoms with Crippen molar-refractivity contribution in [3.05, 3.63) is 91.1 Å². The molecule has 7 nitrogen and oxygen atoms in total. The minimum atomic E-state index is -0.120. The SMILES string of the molecule is COc1ccc(-n2c(SCC(=O)Nc3cccc4ccccc34)nnc2-c2ccccn2)cc1. The van der Waals surface area contributed by atoms with Crippen molar-refractivity contribution in [2.45, 2.75) is 5.16 Å². The number of benzene rings is 3. The Hall–Kier alpha value is -4.17. The molecule has 1 N–H and O–H groups in total. The number of thioether (sulfide) groups is 1. The van der Waals surface area contributed by atoms with Crippen molar-refractivity contribution < 1.29 is 9.53 Å². The molecule has 0 unspecified atom stereocenters. The zero-order chi connectivity index (χ0) is 23.3. The van der Waals surface area contributed by atoms with Crippen molar-refractivity contribution in [3.8, 4) is 23.0 Å². The van der Waals surface area contributed by atoms with Crippen molar-refractivity contribution in [2.75, 3.05) is 18.2 Å². The molecule has 3 aromatic carbocycles. The minimum Gasteiger partial charge on any atom is -0.497 e. The summed E-state index contributed by atoms with van der Waals surface area (Å²) in [5, 5.41) is 14.4. The minimum absolute atomic E-state index is 0.120. The number of carbonyl (C=O) groups is 1. The lowest BCUT2D eigenvalue weighted by atomic mass is 10.1. The zero-order valence-electron chi connectivity index (χ0n) is 18.4. The second-order valence-electron chi connectivity index (χ2n) is 7.42. The number of carbonyl (C=O) groups excluding carboxylic acids is 1. The van der Waals surface area contributed by atoms with Gasteiger partial charge >= 0.3 is 0 Å². The van der Waals surface area contributed by atoms with E-state index in [0.29, 0.717) is 16.7 Å². The Kier molecular flexibility index (Phi) is 6.22. The smallest absolute Gasteiger partial charge is 0.234 e. The maximum atomic E-state index is 12.8. The maximum Gasteiger partial charge on any atom is 0.234 e. The molecule has 2 aromatic heterocycles. The van der Waals surface area contributed by atoms with Crippen LogP contribution in [0.5, 0.6) is 5.75 Å². The van der Waals surface area contributed by atoms with Crippen LogP contribution in [0.4, 0.5) is 5.69 Å². The molecule has 5 rings (SSSR count). The monoisotopic (exact) mass is 467 g/mol. The molecule has 0 bridgehead atoms. The quantitative estimate of drug-likeness (QED) is 0.331. The van der Waals surface area contributed by atoms with Gasteiger partial charge in [0.2, 0.25) is 5.91 Å². The average Bonchev–Trinajstić information content (AvgIpc) is 3.32. The van der Waals surface area contributed by atoms with Gasteiger partial charge in [0.1, 0.15) is 11.4 Å². The van der Waals surface area contributed by atoms with Gasteiger partial charge in [-0.3, -0.25) is 14.3 Å². The van der Waals surface area contributed by atoms with E-state index in [1.54, 1.807) is 13.3 Å². The van der Waals surface area contributed by atoms with Crippen molar-refractivity contribution in [1.82, 2.24) is 19.7 Å². The molecule has 0 radical (unpaired) electrons. The molecule has 0 aliphatic rings. The van der Waals surface area contributed by atoms with Crippen LogP contribution < -0.4 is 10.1 Å². The predicted octanol–water partition coefficient (Wildman–Crippen LogP) is 5.22.